The van der Waals surface area contributed by atoms with Gasteiger partial charge in [0.05, 0.1) is 0 Å². The Bertz CT molecular complexity index is 733. The molecule has 4 heteroatoms. The molecule has 0 unspecified atom stereocenters. The number of ether oxygens (including phenoxy) is 2. The van der Waals surface area contributed by atoms with Gasteiger partial charge in [-0.15, -0.1) is 6.42 Å². The van der Waals surface area contributed by atoms with Crippen molar-refractivity contribution in [1.82, 2.24) is 5.32 Å². The van der Waals surface area contributed by atoms with E-state index in [1.54, 1.807) is 0 Å². The first-order chi connectivity index (χ1) is 12.3. The molecule has 0 fully saturated rings. The molecule has 0 spiro atoms. The number of hydrogen-bond donors (Lipinski definition) is 1. The Hall–Kier alpha value is -2.77. The van der Waals surface area contributed by atoms with Gasteiger partial charge in [0.2, 0.25) is 0 Å². The summed E-state index contributed by atoms with van der Waals surface area (Å²) < 4.78 is 10.6. The van der Waals surface area contributed by atoms with Crippen LogP contribution in [0, 0.1) is 12.3 Å². The fourth-order valence-electron chi connectivity index (χ4n) is 3.15. The Kier molecular flexibility index (Phi) is 5.71. The number of rotatable bonds is 7. The molecule has 0 radical (unpaired) electrons. The highest BCUT2D eigenvalue weighted by Gasteiger charge is 2.28. The van der Waals surface area contributed by atoms with Crippen LogP contribution in [0.5, 0.6) is 0 Å². The summed E-state index contributed by atoms with van der Waals surface area (Å²) in [5, 5.41) is 2.74. The number of benzene rings is 2. The van der Waals surface area contributed by atoms with Gasteiger partial charge < -0.3 is 14.8 Å². The van der Waals surface area contributed by atoms with Gasteiger partial charge in [0, 0.05) is 19.1 Å². The van der Waals surface area contributed by atoms with Crippen LogP contribution < -0.4 is 5.32 Å². The third kappa shape index (κ3) is 4.01. The average Bonchev–Trinajstić information content (AvgIpc) is 2.97. The van der Waals surface area contributed by atoms with E-state index in [0.29, 0.717) is 32.8 Å². The number of fused-ring (bicyclic) bond motifs is 3. The van der Waals surface area contributed by atoms with Gasteiger partial charge >= 0.3 is 6.09 Å². The number of amides is 1. The van der Waals surface area contributed by atoms with Gasteiger partial charge in [-0.05, 0) is 28.7 Å². The minimum Gasteiger partial charge on any atom is -0.449 e. The molecule has 128 valence electrons. The van der Waals surface area contributed by atoms with E-state index in [4.69, 9.17) is 15.9 Å². The van der Waals surface area contributed by atoms with Gasteiger partial charge in [-0.25, -0.2) is 4.79 Å². The highest BCUT2D eigenvalue weighted by molar-refractivity contribution is 5.79. The fraction of sp³-hybridized carbons (Fsp3) is 0.286. The zero-order chi connectivity index (χ0) is 17.5. The van der Waals surface area contributed by atoms with Gasteiger partial charge in [-0.1, -0.05) is 54.5 Å². The van der Waals surface area contributed by atoms with E-state index in [1.807, 2.05) is 24.3 Å². The van der Waals surface area contributed by atoms with Crippen LogP contribution >= 0.6 is 0 Å². The van der Waals surface area contributed by atoms with Crippen molar-refractivity contribution in [3.05, 3.63) is 59.7 Å². The molecule has 0 heterocycles. The lowest BCUT2D eigenvalue weighted by Gasteiger charge is -2.14. The lowest BCUT2D eigenvalue weighted by Crippen LogP contribution is -2.27. The first-order valence-electron chi connectivity index (χ1n) is 8.41. The SMILES string of the molecule is C#CCOCCCNC(=O)OCC1c2ccccc2-c2ccccc21. The molecule has 0 bridgehead atoms. The molecule has 1 N–H and O–H groups in total. The summed E-state index contributed by atoms with van der Waals surface area (Å²) in [6, 6.07) is 16.5. The fourth-order valence-corrected chi connectivity index (χ4v) is 3.15. The highest BCUT2D eigenvalue weighted by Crippen LogP contribution is 2.44. The summed E-state index contributed by atoms with van der Waals surface area (Å²) in [6.45, 7) is 1.65. The smallest absolute Gasteiger partial charge is 0.407 e. The van der Waals surface area contributed by atoms with Crippen LogP contribution in [0.4, 0.5) is 4.79 Å². The predicted octanol–water partition coefficient (Wildman–Crippen LogP) is 3.57. The van der Waals surface area contributed by atoms with Crippen molar-refractivity contribution in [2.45, 2.75) is 12.3 Å². The molecule has 0 saturated carbocycles. The molecule has 2 aromatic rings. The summed E-state index contributed by atoms with van der Waals surface area (Å²) in [5.41, 5.74) is 4.86. The summed E-state index contributed by atoms with van der Waals surface area (Å²) in [6.07, 6.45) is 5.39. The zero-order valence-corrected chi connectivity index (χ0v) is 14.0. The molecule has 0 saturated heterocycles. The summed E-state index contributed by atoms with van der Waals surface area (Å²) in [7, 11) is 0. The number of carbonyl (C=O) groups excluding carboxylic acids is 1. The number of terminal acetylenes is 1. The molecule has 0 atom stereocenters. The molecular weight excluding hydrogens is 314 g/mol. The van der Waals surface area contributed by atoms with Gasteiger partial charge in [0.25, 0.3) is 0 Å². The monoisotopic (exact) mass is 335 g/mol. The zero-order valence-electron chi connectivity index (χ0n) is 14.0. The Morgan fingerprint density at radius 3 is 2.36 bits per heavy atom. The minimum atomic E-state index is -0.404. The Balaban J connectivity index is 1.53. The number of nitrogens with one attached hydrogen (secondary N) is 1. The van der Waals surface area contributed by atoms with Crippen LogP contribution in [0.25, 0.3) is 11.1 Å². The van der Waals surface area contributed by atoms with E-state index in [2.05, 4.69) is 35.5 Å². The lowest BCUT2D eigenvalue weighted by molar-refractivity contribution is 0.138. The lowest BCUT2D eigenvalue weighted by atomic mass is 9.98. The van der Waals surface area contributed by atoms with Crippen LogP contribution in [-0.4, -0.2) is 32.5 Å². The molecule has 0 aromatic heterocycles. The number of alkyl carbamates (subject to hydrolysis) is 1. The van der Waals surface area contributed by atoms with E-state index >= 15 is 0 Å². The van der Waals surface area contributed by atoms with Gasteiger partial charge in [0.15, 0.2) is 0 Å². The molecule has 1 aliphatic carbocycles. The number of carbonyl (C=O) groups is 1. The second-order valence-corrected chi connectivity index (χ2v) is 5.86. The van der Waals surface area contributed by atoms with E-state index in [-0.39, 0.29) is 5.92 Å². The Morgan fingerprint density at radius 1 is 1.08 bits per heavy atom. The first kappa shape index (κ1) is 17.1. The Labute approximate surface area is 148 Å². The number of hydrogen-bond acceptors (Lipinski definition) is 3. The molecule has 1 aliphatic rings. The third-order valence-electron chi connectivity index (χ3n) is 4.26. The van der Waals surface area contributed by atoms with Crippen molar-refractivity contribution in [3.63, 3.8) is 0 Å². The minimum absolute atomic E-state index is 0.0807. The largest absolute Gasteiger partial charge is 0.449 e. The topological polar surface area (TPSA) is 47.6 Å². The summed E-state index contributed by atoms with van der Waals surface area (Å²) in [4.78, 5) is 11.9. The van der Waals surface area contributed by atoms with Gasteiger partial charge in [-0.3, -0.25) is 0 Å². The van der Waals surface area contributed by atoms with E-state index in [0.717, 1.165) is 0 Å². The quantitative estimate of drug-likeness (QED) is 0.622. The van der Waals surface area contributed by atoms with E-state index < -0.39 is 6.09 Å². The summed E-state index contributed by atoms with van der Waals surface area (Å²) >= 11 is 0. The van der Waals surface area contributed by atoms with E-state index in [9.17, 15) is 4.79 Å². The molecule has 4 nitrogen and oxygen atoms in total. The second-order valence-electron chi connectivity index (χ2n) is 5.86. The normalized spacial score (nSPS) is 12.1. The maximum Gasteiger partial charge on any atom is 0.407 e. The molecule has 25 heavy (non-hydrogen) atoms. The molecular formula is C21H21NO3. The molecule has 2 aromatic carbocycles. The van der Waals surface area contributed by atoms with Crippen LogP contribution in [0.2, 0.25) is 0 Å². The maximum atomic E-state index is 11.9. The maximum absolute atomic E-state index is 11.9. The van der Waals surface area contributed by atoms with Gasteiger partial charge in [-0.2, -0.15) is 0 Å². The first-order valence-corrected chi connectivity index (χ1v) is 8.41. The van der Waals surface area contributed by atoms with Crippen molar-refractivity contribution >= 4 is 6.09 Å². The van der Waals surface area contributed by atoms with Crippen LogP contribution in [0.1, 0.15) is 23.5 Å². The average molecular weight is 335 g/mol. The second kappa shape index (κ2) is 8.36. The summed E-state index contributed by atoms with van der Waals surface area (Å²) in [5.74, 6) is 2.48. The molecule has 0 aliphatic heterocycles. The third-order valence-corrected chi connectivity index (χ3v) is 4.26. The highest BCUT2D eigenvalue weighted by atomic mass is 16.5. The predicted molar refractivity (Wildman–Crippen MR) is 97.3 cm³/mol. The molecule has 1 amide bonds. The van der Waals surface area contributed by atoms with Crippen molar-refractivity contribution in [2.24, 2.45) is 0 Å². The van der Waals surface area contributed by atoms with Crippen LogP contribution in [0.15, 0.2) is 48.5 Å². The van der Waals surface area contributed by atoms with Crippen molar-refractivity contribution in [3.8, 4) is 23.5 Å². The van der Waals surface area contributed by atoms with Crippen LogP contribution in [-0.2, 0) is 9.47 Å². The Morgan fingerprint density at radius 2 is 1.72 bits per heavy atom. The van der Waals surface area contributed by atoms with E-state index in [1.165, 1.54) is 22.3 Å². The van der Waals surface area contributed by atoms with Crippen LogP contribution in [0.3, 0.4) is 0 Å². The van der Waals surface area contributed by atoms with Crippen molar-refractivity contribution in [1.29, 1.82) is 0 Å². The van der Waals surface area contributed by atoms with Gasteiger partial charge in [0.1, 0.15) is 13.2 Å². The van der Waals surface area contributed by atoms with Crippen molar-refractivity contribution < 1.29 is 14.3 Å². The standard InChI is InChI=1S/C21H21NO3/c1-2-13-24-14-7-12-22-21(23)25-15-20-18-10-5-3-8-16(18)17-9-4-6-11-19(17)20/h1,3-6,8-11,20H,7,12-15H2,(H,22,23). The molecule has 3 rings (SSSR count). The van der Waals surface area contributed by atoms with Crippen molar-refractivity contribution in [2.75, 3.05) is 26.4 Å².